The molecule has 0 aliphatic rings. The number of carbonyl (C=O) groups is 1. The number of carbonyl (C=O) groups excluding carboxylic acids is 1. The van der Waals surface area contributed by atoms with E-state index in [0.717, 1.165) is 16.9 Å². The first-order valence-corrected chi connectivity index (χ1v) is 4.63. The van der Waals surface area contributed by atoms with Crippen molar-refractivity contribution in [1.29, 1.82) is 0 Å². The summed E-state index contributed by atoms with van der Waals surface area (Å²) in [6.45, 7) is 2.06. The van der Waals surface area contributed by atoms with E-state index in [1.54, 1.807) is 6.92 Å². The second kappa shape index (κ2) is 5.48. The summed E-state index contributed by atoms with van der Waals surface area (Å²) >= 11 is 0.994. The molecule has 3 nitrogen and oxygen atoms in total. The maximum Gasteiger partial charge on any atom is 0.521 e. The van der Waals surface area contributed by atoms with Crippen molar-refractivity contribution in [2.45, 2.75) is 11.8 Å². The van der Waals surface area contributed by atoms with Gasteiger partial charge in [0.15, 0.2) is 0 Å². The van der Waals surface area contributed by atoms with Crippen molar-refractivity contribution < 1.29 is 13.7 Å². The van der Waals surface area contributed by atoms with Gasteiger partial charge in [-0.1, -0.05) is 18.2 Å². The third kappa shape index (κ3) is 3.85. The third-order valence-electron chi connectivity index (χ3n) is 1.21. The molecule has 13 heavy (non-hydrogen) atoms. The molecule has 0 radical (unpaired) electrons. The number of ether oxygens (including phenoxy) is 1. The summed E-state index contributed by atoms with van der Waals surface area (Å²) in [4.78, 5) is 11.6. The lowest BCUT2D eigenvalue weighted by molar-refractivity contribution is 0.111. The van der Waals surface area contributed by atoms with E-state index in [0.29, 0.717) is 6.61 Å². The maximum absolute atomic E-state index is 10.8. The van der Waals surface area contributed by atoms with Crippen LogP contribution in [0.4, 0.5) is 4.79 Å². The van der Waals surface area contributed by atoms with Gasteiger partial charge in [0.05, 0.1) is 18.6 Å². The van der Waals surface area contributed by atoms with Crippen LogP contribution < -0.4 is 0 Å². The average Bonchev–Trinajstić information content (AvgIpc) is 2.17. The summed E-state index contributed by atoms with van der Waals surface area (Å²) in [5, 5.41) is 0. The quantitative estimate of drug-likeness (QED) is 0.552. The minimum atomic E-state index is -0.656. The molecule has 0 unspecified atom stereocenters. The van der Waals surface area contributed by atoms with Gasteiger partial charge in [0.2, 0.25) is 0 Å². The molecular weight excluding hydrogens is 188 g/mol. The summed E-state index contributed by atoms with van der Waals surface area (Å²) in [6, 6.07) is 9.34. The first kappa shape index (κ1) is 9.92. The summed E-state index contributed by atoms with van der Waals surface area (Å²) in [5.74, 6) is 0. The fraction of sp³-hybridized carbons (Fsp3) is 0.222. The molecule has 1 rings (SSSR count). The van der Waals surface area contributed by atoms with Crippen LogP contribution in [0.2, 0.25) is 0 Å². The van der Waals surface area contributed by atoms with Crippen LogP contribution in [0.25, 0.3) is 0 Å². The van der Waals surface area contributed by atoms with Gasteiger partial charge in [-0.3, -0.25) is 0 Å². The van der Waals surface area contributed by atoms with Crippen LogP contribution in [-0.2, 0) is 8.92 Å². The van der Waals surface area contributed by atoms with Crippen molar-refractivity contribution in [3.8, 4) is 0 Å². The minimum Gasteiger partial charge on any atom is -0.434 e. The Labute approximate surface area is 81.2 Å². The van der Waals surface area contributed by atoms with Gasteiger partial charge in [-0.25, -0.2) is 4.79 Å². The van der Waals surface area contributed by atoms with Gasteiger partial charge in [-0.15, -0.1) is 0 Å². The lowest BCUT2D eigenvalue weighted by Crippen LogP contribution is -2.01. The molecule has 0 aliphatic heterocycles. The van der Waals surface area contributed by atoms with E-state index in [2.05, 4.69) is 4.74 Å². The van der Waals surface area contributed by atoms with Gasteiger partial charge in [0, 0.05) is 4.90 Å². The first-order valence-electron chi connectivity index (χ1n) is 3.89. The third-order valence-corrected chi connectivity index (χ3v) is 1.90. The Morgan fingerprint density at radius 1 is 1.38 bits per heavy atom. The number of hydrogen-bond acceptors (Lipinski definition) is 4. The van der Waals surface area contributed by atoms with Gasteiger partial charge >= 0.3 is 6.16 Å². The molecule has 1 aromatic carbocycles. The van der Waals surface area contributed by atoms with E-state index in [9.17, 15) is 4.79 Å². The van der Waals surface area contributed by atoms with E-state index in [1.807, 2.05) is 30.3 Å². The van der Waals surface area contributed by atoms with E-state index >= 15 is 0 Å². The van der Waals surface area contributed by atoms with E-state index in [1.165, 1.54) is 0 Å². The zero-order valence-corrected chi connectivity index (χ0v) is 8.04. The smallest absolute Gasteiger partial charge is 0.434 e. The first-order chi connectivity index (χ1) is 6.33. The fourth-order valence-corrected chi connectivity index (χ4v) is 1.18. The number of hydrogen-bond donors (Lipinski definition) is 0. The predicted octanol–water partition coefficient (Wildman–Crippen LogP) is 2.87. The van der Waals surface area contributed by atoms with Gasteiger partial charge in [-0.05, 0) is 19.1 Å². The standard InChI is InChI=1S/C9H10O3S/c1-2-11-9(10)12-13-8-6-4-3-5-7-8/h3-7H,2H2,1H3. The summed E-state index contributed by atoms with van der Waals surface area (Å²) in [7, 11) is 0. The Bertz CT molecular complexity index is 261. The average molecular weight is 198 g/mol. The molecule has 1 aromatic rings. The highest BCUT2D eigenvalue weighted by molar-refractivity contribution is 7.95. The van der Waals surface area contributed by atoms with Crippen LogP contribution in [0.5, 0.6) is 0 Å². The zero-order chi connectivity index (χ0) is 9.52. The van der Waals surface area contributed by atoms with E-state index in [-0.39, 0.29) is 0 Å². The van der Waals surface area contributed by atoms with Gasteiger partial charge in [0.1, 0.15) is 0 Å². The van der Waals surface area contributed by atoms with Gasteiger partial charge in [-0.2, -0.15) is 0 Å². The molecule has 0 atom stereocenters. The van der Waals surface area contributed by atoms with Crippen molar-refractivity contribution >= 4 is 18.2 Å². The highest BCUT2D eigenvalue weighted by Gasteiger charge is 2.03. The van der Waals surface area contributed by atoms with Crippen LogP contribution in [-0.4, -0.2) is 12.8 Å². The molecule has 0 fully saturated rings. The molecule has 0 saturated carbocycles. The van der Waals surface area contributed by atoms with Gasteiger partial charge < -0.3 is 8.92 Å². The predicted molar refractivity (Wildman–Crippen MR) is 50.4 cm³/mol. The second-order valence-electron chi connectivity index (χ2n) is 2.16. The van der Waals surface area contributed by atoms with Crippen LogP contribution in [0.1, 0.15) is 6.92 Å². The summed E-state index contributed by atoms with van der Waals surface area (Å²) in [6.07, 6.45) is -0.656. The van der Waals surface area contributed by atoms with Crippen LogP contribution in [0, 0.1) is 0 Å². The Kier molecular flexibility index (Phi) is 4.18. The van der Waals surface area contributed by atoms with Crippen molar-refractivity contribution in [2.24, 2.45) is 0 Å². The Morgan fingerprint density at radius 2 is 2.08 bits per heavy atom. The van der Waals surface area contributed by atoms with Crippen LogP contribution >= 0.6 is 12.0 Å². The topological polar surface area (TPSA) is 35.5 Å². The lowest BCUT2D eigenvalue weighted by atomic mass is 10.4. The minimum absolute atomic E-state index is 0.328. The molecule has 0 aliphatic carbocycles. The van der Waals surface area contributed by atoms with Crippen LogP contribution in [0.15, 0.2) is 35.2 Å². The molecule has 0 heterocycles. The molecule has 0 aromatic heterocycles. The maximum atomic E-state index is 10.8. The SMILES string of the molecule is CCOC(=O)OSc1ccccc1. The largest absolute Gasteiger partial charge is 0.521 e. The van der Waals surface area contributed by atoms with Crippen molar-refractivity contribution in [3.63, 3.8) is 0 Å². The highest BCUT2D eigenvalue weighted by Crippen LogP contribution is 2.18. The van der Waals surface area contributed by atoms with Crippen molar-refractivity contribution in [2.75, 3.05) is 6.61 Å². The Hall–Kier alpha value is -1.16. The molecule has 0 bridgehead atoms. The van der Waals surface area contributed by atoms with Gasteiger partial charge in [0.25, 0.3) is 0 Å². The Balaban J connectivity index is 2.31. The number of rotatable bonds is 3. The molecule has 0 spiro atoms. The van der Waals surface area contributed by atoms with E-state index < -0.39 is 6.16 Å². The van der Waals surface area contributed by atoms with Crippen LogP contribution in [0.3, 0.4) is 0 Å². The summed E-state index contributed by atoms with van der Waals surface area (Å²) < 4.78 is 9.31. The molecule has 70 valence electrons. The second-order valence-corrected chi connectivity index (χ2v) is 2.97. The molecular formula is C9H10O3S. The fourth-order valence-electron chi connectivity index (χ4n) is 0.700. The lowest BCUT2D eigenvalue weighted by Gasteiger charge is -2.01. The van der Waals surface area contributed by atoms with Crippen molar-refractivity contribution in [1.82, 2.24) is 0 Å². The molecule has 0 amide bonds. The Morgan fingerprint density at radius 3 is 2.69 bits per heavy atom. The summed E-state index contributed by atoms with van der Waals surface area (Å²) in [5.41, 5.74) is 0. The molecule has 0 saturated heterocycles. The number of benzene rings is 1. The highest BCUT2D eigenvalue weighted by atomic mass is 32.2. The molecule has 0 N–H and O–H groups in total. The monoisotopic (exact) mass is 198 g/mol. The normalized spacial score (nSPS) is 9.31. The van der Waals surface area contributed by atoms with E-state index in [4.69, 9.17) is 4.18 Å². The zero-order valence-electron chi connectivity index (χ0n) is 7.23. The van der Waals surface area contributed by atoms with Crippen molar-refractivity contribution in [3.05, 3.63) is 30.3 Å². The molecule has 4 heteroatoms.